The van der Waals surface area contributed by atoms with Crippen molar-refractivity contribution in [2.24, 2.45) is 0 Å². The first-order valence-electron chi connectivity index (χ1n) is 5.71. The summed E-state index contributed by atoms with van der Waals surface area (Å²) in [6, 6.07) is 0. The molecule has 0 atom stereocenters. The molecule has 20 heavy (non-hydrogen) atoms. The molecule has 0 unspecified atom stereocenters. The maximum atomic E-state index is 8.77. The average molecular weight is 322 g/mol. The fourth-order valence-corrected chi connectivity index (χ4v) is 0.600. The van der Waals surface area contributed by atoms with Gasteiger partial charge in [0.25, 0.3) is 7.82 Å². The molecule has 0 saturated heterocycles. The van der Waals surface area contributed by atoms with Crippen LogP contribution in [0.25, 0.3) is 0 Å². The second-order valence-corrected chi connectivity index (χ2v) is 6.95. The number of quaternary nitrogens is 2. The molecule has 0 aliphatic heterocycles. The first-order chi connectivity index (χ1) is 8.12. The average Bonchev–Trinajstić information content (AvgIpc) is 1.95. The predicted molar refractivity (Wildman–Crippen MR) is 74.0 cm³/mol. The van der Waals surface area contributed by atoms with E-state index < -0.39 is 7.82 Å². The van der Waals surface area contributed by atoms with E-state index in [2.05, 4.69) is 42.3 Å². The van der Waals surface area contributed by atoms with Crippen molar-refractivity contribution in [3.8, 4) is 0 Å². The highest BCUT2D eigenvalue weighted by molar-refractivity contribution is 7.43. The minimum absolute atomic E-state index is 0. The van der Waals surface area contributed by atoms with Crippen molar-refractivity contribution in [1.82, 2.24) is 0 Å². The largest absolute Gasteiger partial charge is 0.870 e. The van der Waals surface area contributed by atoms with Crippen molar-refractivity contribution in [2.75, 3.05) is 68.6 Å². The van der Waals surface area contributed by atoms with Crippen LogP contribution in [0.4, 0.5) is 0 Å². The summed E-state index contributed by atoms with van der Waals surface area (Å²) in [4.78, 5) is 22.9. The van der Waals surface area contributed by atoms with Gasteiger partial charge in [0.05, 0.1) is 55.5 Å². The standard InChI is InChI=1S/2C5H14NO.H3O4P.H2O/c2*1-6(2,3)4-5-7;1-5(2,3)4;/h2*7H,4-5H2,1-3H3;(H3,1,2,3,4);1H2/q2*+1;;/p-2. The number of hydrogen-bond donors (Lipinski definition) is 4. The Morgan fingerprint density at radius 2 is 1.00 bits per heavy atom. The van der Waals surface area contributed by atoms with Gasteiger partial charge < -0.3 is 39.3 Å². The van der Waals surface area contributed by atoms with Crippen molar-refractivity contribution < 1.29 is 43.9 Å². The first kappa shape index (κ1) is 28.1. The Morgan fingerprint density at radius 1 is 0.850 bits per heavy atom. The van der Waals surface area contributed by atoms with E-state index in [0.29, 0.717) is 0 Å². The van der Waals surface area contributed by atoms with Crippen molar-refractivity contribution in [3.05, 3.63) is 0 Å². The van der Waals surface area contributed by atoms with Crippen LogP contribution in [0.15, 0.2) is 0 Å². The summed E-state index contributed by atoms with van der Waals surface area (Å²) >= 11 is 0. The second kappa shape index (κ2) is 12.6. The lowest BCUT2D eigenvalue weighted by Gasteiger charge is -2.21. The number of rotatable bonds is 4. The van der Waals surface area contributed by atoms with E-state index in [1.54, 1.807) is 0 Å². The zero-order valence-corrected chi connectivity index (χ0v) is 14.1. The molecule has 0 aromatic heterocycles. The molecule has 5 N–H and O–H groups in total. The van der Waals surface area contributed by atoms with Crippen LogP contribution in [0.5, 0.6) is 0 Å². The van der Waals surface area contributed by atoms with Gasteiger partial charge in [-0.15, -0.1) is 0 Å². The Balaban J connectivity index is -0.0000000952. The topological polar surface area (TPSA) is 151 Å². The Labute approximate surface area is 121 Å². The smallest absolute Gasteiger partial charge is 0.262 e. The first-order valence-corrected chi connectivity index (χ1v) is 7.24. The molecule has 0 aliphatic rings. The van der Waals surface area contributed by atoms with Crippen LogP contribution >= 0.6 is 7.82 Å². The summed E-state index contributed by atoms with van der Waals surface area (Å²) in [7, 11) is 7.42. The molecule has 0 aromatic rings. The fraction of sp³-hybridized carbons (Fsp3) is 1.00. The summed E-state index contributed by atoms with van der Waals surface area (Å²) in [5.74, 6) is 0. The highest BCUT2D eigenvalue weighted by atomic mass is 31.2. The van der Waals surface area contributed by atoms with E-state index in [9.17, 15) is 0 Å². The van der Waals surface area contributed by atoms with Crippen molar-refractivity contribution in [1.29, 1.82) is 0 Å². The SMILES string of the molecule is C[N+](C)(C)CCO.C[N+](C)(C)CCO.O=P([O-])(O)O.[OH-]. The van der Waals surface area contributed by atoms with Gasteiger partial charge in [-0.05, 0) is 0 Å². The third-order valence-corrected chi connectivity index (χ3v) is 1.54. The molecule has 0 aliphatic carbocycles. The normalized spacial score (nSPS) is 11.3. The Morgan fingerprint density at radius 3 is 1.00 bits per heavy atom. The summed E-state index contributed by atoms with van der Waals surface area (Å²) < 4.78 is 10.5. The molecule has 0 bridgehead atoms. The second-order valence-electron chi connectivity index (χ2n) is 5.97. The van der Waals surface area contributed by atoms with Crippen LogP contribution in [-0.2, 0) is 4.57 Å². The van der Waals surface area contributed by atoms with Gasteiger partial charge in [0.1, 0.15) is 13.1 Å². The van der Waals surface area contributed by atoms with Gasteiger partial charge in [0, 0.05) is 0 Å². The highest BCUT2D eigenvalue weighted by Gasteiger charge is 2.02. The summed E-state index contributed by atoms with van der Waals surface area (Å²) in [5.41, 5.74) is 0. The van der Waals surface area contributed by atoms with Gasteiger partial charge in [-0.3, -0.25) is 4.57 Å². The van der Waals surface area contributed by atoms with E-state index in [4.69, 9.17) is 29.5 Å². The summed E-state index contributed by atoms with van der Waals surface area (Å²) in [6.45, 7) is 2.23. The molecular formula is C10H31N2O7P. The van der Waals surface area contributed by atoms with E-state index in [0.717, 1.165) is 22.1 Å². The van der Waals surface area contributed by atoms with E-state index in [1.807, 2.05) is 0 Å². The minimum atomic E-state index is -4.89. The monoisotopic (exact) mass is 322 g/mol. The van der Waals surface area contributed by atoms with Gasteiger partial charge in [-0.2, -0.15) is 0 Å². The molecule has 0 rings (SSSR count). The van der Waals surface area contributed by atoms with Gasteiger partial charge in [0.15, 0.2) is 0 Å². The van der Waals surface area contributed by atoms with Crippen LogP contribution in [0.2, 0.25) is 0 Å². The maximum absolute atomic E-state index is 8.77. The van der Waals surface area contributed by atoms with Crippen LogP contribution in [-0.4, -0.2) is 103 Å². The number of likely N-dealkylation sites (N-methyl/N-ethyl adjacent to an activating group) is 2. The van der Waals surface area contributed by atoms with Crippen LogP contribution in [0, 0.1) is 0 Å². The molecule has 0 radical (unpaired) electrons. The van der Waals surface area contributed by atoms with E-state index in [-0.39, 0.29) is 18.7 Å². The van der Waals surface area contributed by atoms with Crippen molar-refractivity contribution >= 4 is 7.82 Å². The molecule has 0 saturated carbocycles. The molecule has 0 aromatic carbocycles. The fourth-order valence-electron chi connectivity index (χ4n) is 0.600. The lowest BCUT2D eigenvalue weighted by atomic mass is 10.5. The molecule has 0 heterocycles. The van der Waals surface area contributed by atoms with Crippen LogP contribution < -0.4 is 4.89 Å². The van der Waals surface area contributed by atoms with E-state index >= 15 is 0 Å². The minimum Gasteiger partial charge on any atom is -0.870 e. The van der Waals surface area contributed by atoms with Gasteiger partial charge in [-0.1, -0.05) is 0 Å². The van der Waals surface area contributed by atoms with Gasteiger partial charge >= 0.3 is 0 Å². The zero-order valence-electron chi connectivity index (χ0n) is 13.2. The molecule has 0 amide bonds. The molecule has 10 heteroatoms. The lowest BCUT2D eigenvalue weighted by molar-refractivity contribution is -0.870. The number of aliphatic hydroxyl groups excluding tert-OH is 2. The molecular weight excluding hydrogens is 291 g/mol. The third kappa shape index (κ3) is 81.9. The van der Waals surface area contributed by atoms with Gasteiger partial charge in [-0.25, -0.2) is 0 Å². The molecule has 0 spiro atoms. The quantitative estimate of drug-likeness (QED) is 0.333. The Kier molecular flexibility index (Phi) is 17.8. The number of aliphatic hydroxyl groups is 2. The molecule has 128 valence electrons. The predicted octanol–water partition coefficient (Wildman–Crippen LogP) is -2.37. The molecule has 0 fully saturated rings. The number of phosphoric acid groups is 1. The third-order valence-electron chi connectivity index (χ3n) is 1.54. The van der Waals surface area contributed by atoms with E-state index in [1.165, 1.54) is 0 Å². The highest BCUT2D eigenvalue weighted by Crippen LogP contribution is 2.18. The zero-order chi connectivity index (χ0) is 16.3. The number of hydrogen-bond acceptors (Lipinski definition) is 5. The summed E-state index contributed by atoms with van der Waals surface area (Å²) in [6.07, 6.45) is 0. The maximum Gasteiger partial charge on any atom is 0.262 e. The number of nitrogens with zero attached hydrogens (tertiary/aromatic N) is 2. The summed E-state index contributed by atoms with van der Waals surface area (Å²) in [5, 5.41) is 16.8. The van der Waals surface area contributed by atoms with Crippen molar-refractivity contribution in [3.63, 3.8) is 0 Å². The van der Waals surface area contributed by atoms with Gasteiger partial charge in [0.2, 0.25) is 0 Å². The Bertz CT molecular complexity index is 221. The molecule has 9 nitrogen and oxygen atoms in total. The Hall–Kier alpha value is -0.0900. The van der Waals surface area contributed by atoms with Crippen molar-refractivity contribution in [2.45, 2.75) is 0 Å². The lowest BCUT2D eigenvalue weighted by Crippen LogP contribution is -2.36. The van der Waals surface area contributed by atoms with Crippen LogP contribution in [0.3, 0.4) is 0 Å². The van der Waals surface area contributed by atoms with Crippen LogP contribution in [0.1, 0.15) is 0 Å².